The van der Waals surface area contributed by atoms with Crippen molar-refractivity contribution in [1.29, 1.82) is 0 Å². The Balaban J connectivity index is 2.52. The van der Waals surface area contributed by atoms with Crippen LogP contribution in [0.4, 0.5) is 5.82 Å². The molecule has 0 saturated carbocycles. The van der Waals surface area contributed by atoms with Gasteiger partial charge in [0, 0.05) is 18.3 Å². The third-order valence-corrected chi connectivity index (χ3v) is 2.79. The lowest BCUT2D eigenvalue weighted by molar-refractivity contribution is 0.660. The molecule has 16 heavy (non-hydrogen) atoms. The van der Waals surface area contributed by atoms with Gasteiger partial charge in [-0.2, -0.15) is 5.10 Å². The van der Waals surface area contributed by atoms with E-state index in [1.54, 1.807) is 6.20 Å². The predicted octanol–water partition coefficient (Wildman–Crippen LogP) is 1.56. The van der Waals surface area contributed by atoms with E-state index in [0.29, 0.717) is 5.82 Å². The molecule has 0 fully saturated rings. The number of rotatable bonds is 2. The fraction of sp³-hybridized carbons (Fsp3) is 0.364. The van der Waals surface area contributed by atoms with Gasteiger partial charge in [0.15, 0.2) is 0 Å². The lowest BCUT2D eigenvalue weighted by Gasteiger charge is -2.06. The van der Waals surface area contributed by atoms with Crippen LogP contribution in [0.5, 0.6) is 0 Å². The van der Waals surface area contributed by atoms with Gasteiger partial charge < -0.3 is 5.73 Å². The molecular weight excluding hydrogens is 202 g/mol. The van der Waals surface area contributed by atoms with Crippen LogP contribution in [0.2, 0.25) is 0 Å². The molecule has 84 valence electrons. The summed E-state index contributed by atoms with van der Waals surface area (Å²) >= 11 is 0. The summed E-state index contributed by atoms with van der Waals surface area (Å²) < 4.78 is 1.86. The Morgan fingerprint density at radius 1 is 1.25 bits per heavy atom. The number of nitrogens with zero attached hydrogens (tertiary/aromatic N) is 4. The van der Waals surface area contributed by atoms with E-state index in [1.807, 2.05) is 31.6 Å². The Bertz CT molecular complexity index is 515. The predicted molar refractivity (Wildman–Crippen MR) is 62.8 cm³/mol. The van der Waals surface area contributed by atoms with Crippen molar-refractivity contribution in [2.75, 3.05) is 5.73 Å². The Kier molecular flexibility index (Phi) is 2.60. The zero-order chi connectivity index (χ0) is 11.7. The molecule has 0 amide bonds. The van der Waals surface area contributed by atoms with Gasteiger partial charge in [-0.05, 0) is 31.9 Å². The maximum absolute atomic E-state index is 5.70. The lowest BCUT2D eigenvalue weighted by atomic mass is 10.1. The van der Waals surface area contributed by atoms with Crippen molar-refractivity contribution in [1.82, 2.24) is 20.0 Å². The number of hydrogen-bond donors (Lipinski definition) is 1. The second-order valence-corrected chi connectivity index (χ2v) is 3.77. The molecule has 0 aromatic carbocycles. The second-order valence-electron chi connectivity index (χ2n) is 3.77. The number of aryl methyl sites for hydroxylation is 1. The van der Waals surface area contributed by atoms with Crippen LogP contribution in [0, 0.1) is 13.8 Å². The highest BCUT2D eigenvalue weighted by Crippen LogP contribution is 2.23. The van der Waals surface area contributed by atoms with E-state index in [9.17, 15) is 0 Å². The van der Waals surface area contributed by atoms with Crippen LogP contribution in [0.15, 0.2) is 12.4 Å². The van der Waals surface area contributed by atoms with Crippen molar-refractivity contribution in [3.05, 3.63) is 23.5 Å². The number of nitrogen functional groups attached to an aromatic ring is 1. The molecule has 0 spiro atoms. The normalized spacial score (nSPS) is 10.7. The van der Waals surface area contributed by atoms with Gasteiger partial charge >= 0.3 is 0 Å². The quantitative estimate of drug-likeness (QED) is 0.828. The molecule has 0 aliphatic heterocycles. The van der Waals surface area contributed by atoms with Crippen LogP contribution in [0.1, 0.15) is 18.1 Å². The van der Waals surface area contributed by atoms with Crippen molar-refractivity contribution < 1.29 is 0 Å². The summed E-state index contributed by atoms with van der Waals surface area (Å²) in [7, 11) is 0. The van der Waals surface area contributed by atoms with Crippen molar-refractivity contribution in [2.24, 2.45) is 0 Å². The fourth-order valence-electron chi connectivity index (χ4n) is 1.56. The second kappa shape index (κ2) is 3.92. The Hall–Kier alpha value is -1.91. The van der Waals surface area contributed by atoms with Crippen LogP contribution in [0.25, 0.3) is 11.3 Å². The van der Waals surface area contributed by atoms with Crippen molar-refractivity contribution in [3.8, 4) is 11.3 Å². The van der Waals surface area contributed by atoms with Gasteiger partial charge in [-0.15, -0.1) is 10.2 Å². The van der Waals surface area contributed by atoms with Gasteiger partial charge in [0.2, 0.25) is 0 Å². The Labute approximate surface area is 94.3 Å². The highest BCUT2D eigenvalue weighted by atomic mass is 15.3. The molecule has 0 aliphatic carbocycles. The monoisotopic (exact) mass is 217 g/mol. The van der Waals surface area contributed by atoms with Gasteiger partial charge in [0.25, 0.3) is 0 Å². The molecule has 0 unspecified atom stereocenters. The van der Waals surface area contributed by atoms with Crippen LogP contribution >= 0.6 is 0 Å². The number of hydrogen-bond acceptors (Lipinski definition) is 4. The molecule has 0 aliphatic rings. The number of aromatic nitrogens is 4. The lowest BCUT2D eigenvalue weighted by Crippen LogP contribution is -2.01. The SMILES string of the molecule is CCn1cc(-c2nnc(N)c(C)c2C)cn1. The first-order chi connectivity index (χ1) is 7.63. The molecule has 2 aromatic rings. The summed E-state index contributed by atoms with van der Waals surface area (Å²) in [6.45, 7) is 6.84. The van der Waals surface area contributed by atoms with E-state index in [1.165, 1.54) is 0 Å². The zero-order valence-electron chi connectivity index (χ0n) is 9.73. The Morgan fingerprint density at radius 2 is 2.00 bits per heavy atom. The van der Waals surface area contributed by atoms with Crippen LogP contribution in [0.3, 0.4) is 0 Å². The van der Waals surface area contributed by atoms with Gasteiger partial charge in [0.05, 0.1) is 11.9 Å². The van der Waals surface area contributed by atoms with Gasteiger partial charge in [0.1, 0.15) is 5.82 Å². The molecule has 2 aromatic heterocycles. The minimum Gasteiger partial charge on any atom is -0.382 e. The number of anilines is 1. The van der Waals surface area contributed by atoms with E-state index in [0.717, 1.165) is 28.9 Å². The van der Waals surface area contributed by atoms with Crippen molar-refractivity contribution in [2.45, 2.75) is 27.3 Å². The average Bonchev–Trinajstić information content (AvgIpc) is 2.74. The van der Waals surface area contributed by atoms with Gasteiger partial charge in [-0.3, -0.25) is 4.68 Å². The summed E-state index contributed by atoms with van der Waals surface area (Å²) in [6.07, 6.45) is 3.77. The fourth-order valence-corrected chi connectivity index (χ4v) is 1.56. The summed E-state index contributed by atoms with van der Waals surface area (Å²) in [6, 6.07) is 0. The molecular formula is C11H15N5. The smallest absolute Gasteiger partial charge is 0.149 e. The Morgan fingerprint density at radius 3 is 2.62 bits per heavy atom. The van der Waals surface area contributed by atoms with Gasteiger partial charge in [-0.25, -0.2) is 0 Å². The minimum atomic E-state index is 0.490. The van der Waals surface area contributed by atoms with E-state index in [-0.39, 0.29) is 0 Å². The van der Waals surface area contributed by atoms with Crippen LogP contribution in [-0.2, 0) is 6.54 Å². The largest absolute Gasteiger partial charge is 0.382 e. The van der Waals surface area contributed by atoms with E-state index in [4.69, 9.17) is 5.73 Å². The topological polar surface area (TPSA) is 69.6 Å². The van der Waals surface area contributed by atoms with Crippen molar-refractivity contribution >= 4 is 5.82 Å². The van der Waals surface area contributed by atoms with Crippen molar-refractivity contribution in [3.63, 3.8) is 0 Å². The molecule has 2 rings (SSSR count). The third kappa shape index (κ3) is 1.64. The molecule has 2 heterocycles. The maximum atomic E-state index is 5.70. The number of nitrogens with two attached hydrogens (primary N) is 1. The first-order valence-electron chi connectivity index (χ1n) is 5.25. The highest BCUT2D eigenvalue weighted by molar-refractivity contribution is 5.64. The van der Waals surface area contributed by atoms with E-state index in [2.05, 4.69) is 15.3 Å². The summed E-state index contributed by atoms with van der Waals surface area (Å²) in [5, 5.41) is 12.3. The highest BCUT2D eigenvalue weighted by Gasteiger charge is 2.10. The van der Waals surface area contributed by atoms with Crippen LogP contribution < -0.4 is 5.73 Å². The molecule has 5 nitrogen and oxygen atoms in total. The van der Waals surface area contributed by atoms with E-state index >= 15 is 0 Å². The van der Waals surface area contributed by atoms with Crippen LogP contribution in [-0.4, -0.2) is 20.0 Å². The summed E-state index contributed by atoms with van der Waals surface area (Å²) in [5.41, 5.74) is 9.58. The molecule has 0 atom stereocenters. The van der Waals surface area contributed by atoms with Gasteiger partial charge in [-0.1, -0.05) is 0 Å². The molecule has 0 bridgehead atoms. The first kappa shape index (κ1) is 10.6. The maximum Gasteiger partial charge on any atom is 0.149 e. The standard InChI is InChI=1S/C11H15N5/c1-4-16-6-9(5-13-16)10-7(2)8(3)11(12)15-14-10/h5-6H,4H2,1-3H3,(H2,12,15). The summed E-state index contributed by atoms with van der Waals surface area (Å²) in [5.74, 6) is 0.490. The summed E-state index contributed by atoms with van der Waals surface area (Å²) in [4.78, 5) is 0. The molecule has 2 N–H and O–H groups in total. The average molecular weight is 217 g/mol. The third-order valence-electron chi connectivity index (χ3n) is 2.79. The van der Waals surface area contributed by atoms with E-state index < -0.39 is 0 Å². The minimum absolute atomic E-state index is 0.490. The molecule has 0 radical (unpaired) electrons. The zero-order valence-corrected chi connectivity index (χ0v) is 9.73. The molecule has 5 heteroatoms. The first-order valence-corrected chi connectivity index (χ1v) is 5.25. The molecule has 0 saturated heterocycles.